The molecule has 160 valence electrons. The van der Waals surface area contributed by atoms with E-state index in [1.165, 1.54) is 38.6 Å². The Kier molecular flexibility index (Phi) is 6.68. The number of hydrogen-bond donors (Lipinski definition) is 1. The summed E-state index contributed by atoms with van der Waals surface area (Å²) in [5.74, 6) is 2.39. The highest BCUT2D eigenvalue weighted by atomic mass is 16.2. The number of carbonyl (C=O) groups excluding carboxylic acids is 1. The quantitative estimate of drug-likeness (QED) is 0.842. The van der Waals surface area contributed by atoms with Gasteiger partial charge in [-0.3, -0.25) is 9.59 Å². The van der Waals surface area contributed by atoms with Crippen LogP contribution in [0.3, 0.4) is 0 Å². The van der Waals surface area contributed by atoms with Crippen molar-refractivity contribution in [1.29, 1.82) is 0 Å². The van der Waals surface area contributed by atoms with Gasteiger partial charge in [-0.15, -0.1) is 0 Å². The van der Waals surface area contributed by atoms with E-state index in [4.69, 9.17) is 4.98 Å². The van der Waals surface area contributed by atoms with Gasteiger partial charge in [0.05, 0.1) is 5.69 Å². The minimum absolute atomic E-state index is 0.0467. The van der Waals surface area contributed by atoms with E-state index in [2.05, 4.69) is 9.88 Å². The third-order valence-electron chi connectivity index (χ3n) is 7.28. The average molecular weight is 401 g/mol. The number of likely N-dealkylation sites (tertiary alicyclic amines) is 2. The molecular formula is C23H36N4O2. The van der Waals surface area contributed by atoms with Crippen LogP contribution in [0.2, 0.25) is 0 Å². The Morgan fingerprint density at radius 3 is 2.52 bits per heavy atom. The van der Waals surface area contributed by atoms with E-state index in [0.717, 1.165) is 62.8 Å². The molecule has 1 aromatic rings. The molecule has 2 aliphatic heterocycles. The lowest BCUT2D eigenvalue weighted by Crippen LogP contribution is -2.39. The van der Waals surface area contributed by atoms with Crippen LogP contribution in [0.4, 0.5) is 0 Å². The molecule has 0 spiro atoms. The molecule has 1 unspecified atom stereocenters. The summed E-state index contributed by atoms with van der Waals surface area (Å²) < 4.78 is 0. The van der Waals surface area contributed by atoms with E-state index in [1.54, 1.807) is 13.0 Å². The lowest BCUT2D eigenvalue weighted by atomic mass is 9.87. The Hall–Kier alpha value is -1.69. The molecule has 6 nitrogen and oxygen atoms in total. The predicted molar refractivity (Wildman–Crippen MR) is 114 cm³/mol. The standard InChI is InChI=1S/C23H36N4O2/c1-17(28)27-11-5-8-20(16-27)21-14-22(29)25-23(24-21)19-9-12-26(13-10-19)15-18-6-3-2-4-7-18/h14,18-20H,2-13,15-16H2,1H3,(H,24,25,29). The summed E-state index contributed by atoms with van der Waals surface area (Å²) in [6, 6.07) is 1.65. The smallest absolute Gasteiger partial charge is 0.251 e. The van der Waals surface area contributed by atoms with Crippen molar-refractivity contribution in [3.05, 3.63) is 27.9 Å². The summed E-state index contributed by atoms with van der Waals surface area (Å²) >= 11 is 0. The molecule has 1 aliphatic carbocycles. The topological polar surface area (TPSA) is 69.3 Å². The van der Waals surface area contributed by atoms with Crippen LogP contribution in [0, 0.1) is 5.92 Å². The fraction of sp³-hybridized carbons (Fsp3) is 0.783. The highest BCUT2D eigenvalue weighted by molar-refractivity contribution is 5.73. The van der Waals surface area contributed by atoms with Crippen molar-refractivity contribution in [2.75, 3.05) is 32.7 Å². The van der Waals surface area contributed by atoms with Gasteiger partial charge in [0.1, 0.15) is 5.82 Å². The molecule has 29 heavy (non-hydrogen) atoms. The first-order valence-corrected chi connectivity index (χ1v) is 11.7. The van der Waals surface area contributed by atoms with Crippen LogP contribution in [0.1, 0.15) is 88.1 Å². The first-order valence-electron chi connectivity index (χ1n) is 11.7. The largest absolute Gasteiger partial charge is 0.342 e. The molecule has 4 rings (SSSR count). The number of nitrogens with zero attached hydrogens (tertiary/aromatic N) is 3. The average Bonchev–Trinajstić information content (AvgIpc) is 2.75. The maximum absolute atomic E-state index is 12.4. The van der Waals surface area contributed by atoms with Crippen molar-refractivity contribution in [1.82, 2.24) is 19.8 Å². The number of amides is 1. The van der Waals surface area contributed by atoms with Gasteiger partial charge in [0.2, 0.25) is 5.91 Å². The lowest BCUT2D eigenvalue weighted by molar-refractivity contribution is -0.130. The second-order valence-corrected chi connectivity index (χ2v) is 9.44. The van der Waals surface area contributed by atoms with Gasteiger partial charge in [0, 0.05) is 44.5 Å². The van der Waals surface area contributed by atoms with Crippen LogP contribution in [0.25, 0.3) is 0 Å². The summed E-state index contributed by atoms with van der Waals surface area (Å²) in [4.78, 5) is 36.6. The predicted octanol–water partition coefficient (Wildman–Crippen LogP) is 3.26. The molecule has 0 aromatic carbocycles. The number of H-pyrrole nitrogens is 1. The summed E-state index contributed by atoms with van der Waals surface area (Å²) in [7, 11) is 0. The van der Waals surface area contributed by atoms with Crippen molar-refractivity contribution in [2.24, 2.45) is 5.92 Å². The van der Waals surface area contributed by atoms with Gasteiger partial charge in [-0.1, -0.05) is 19.3 Å². The minimum atomic E-state index is -0.0467. The number of carbonyl (C=O) groups is 1. The van der Waals surface area contributed by atoms with Crippen molar-refractivity contribution < 1.29 is 4.79 Å². The number of aromatic nitrogens is 2. The monoisotopic (exact) mass is 400 g/mol. The molecule has 6 heteroatoms. The fourth-order valence-corrected chi connectivity index (χ4v) is 5.53. The Labute approximate surface area is 174 Å². The molecular weight excluding hydrogens is 364 g/mol. The summed E-state index contributed by atoms with van der Waals surface area (Å²) in [5.41, 5.74) is 0.828. The van der Waals surface area contributed by atoms with E-state index in [9.17, 15) is 9.59 Å². The van der Waals surface area contributed by atoms with Gasteiger partial charge < -0.3 is 14.8 Å². The van der Waals surface area contributed by atoms with Gasteiger partial charge in [0.15, 0.2) is 0 Å². The first-order chi connectivity index (χ1) is 14.1. The van der Waals surface area contributed by atoms with Crippen molar-refractivity contribution >= 4 is 5.91 Å². The third kappa shape index (κ3) is 5.27. The third-order valence-corrected chi connectivity index (χ3v) is 7.28. The number of hydrogen-bond acceptors (Lipinski definition) is 4. The van der Waals surface area contributed by atoms with Crippen LogP contribution in [-0.2, 0) is 4.79 Å². The summed E-state index contributed by atoms with van der Waals surface area (Å²) in [6.07, 6.45) is 11.1. The Balaban J connectivity index is 1.38. The Bertz CT molecular complexity index is 747. The Morgan fingerprint density at radius 1 is 1.03 bits per heavy atom. The zero-order valence-electron chi connectivity index (χ0n) is 17.9. The number of nitrogens with one attached hydrogen (secondary N) is 1. The van der Waals surface area contributed by atoms with E-state index in [-0.39, 0.29) is 17.4 Å². The van der Waals surface area contributed by atoms with Crippen molar-refractivity contribution in [2.45, 2.75) is 76.5 Å². The van der Waals surface area contributed by atoms with E-state index < -0.39 is 0 Å². The summed E-state index contributed by atoms with van der Waals surface area (Å²) in [6.45, 7) is 6.60. The van der Waals surface area contributed by atoms with Gasteiger partial charge in [-0.05, 0) is 57.5 Å². The fourth-order valence-electron chi connectivity index (χ4n) is 5.53. The van der Waals surface area contributed by atoms with Crippen molar-refractivity contribution in [3.63, 3.8) is 0 Å². The molecule has 1 amide bonds. The molecule has 1 N–H and O–H groups in total. The highest BCUT2D eigenvalue weighted by Crippen LogP contribution is 2.30. The van der Waals surface area contributed by atoms with E-state index in [1.807, 2.05) is 4.90 Å². The molecule has 3 heterocycles. The van der Waals surface area contributed by atoms with Gasteiger partial charge in [-0.25, -0.2) is 4.98 Å². The number of rotatable bonds is 4. The molecule has 3 fully saturated rings. The number of aromatic amines is 1. The van der Waals surface area contributed by atoms with Crippen LogP contribution in [0.15, 0.2) is 10.9 Å². The molecule has 1 aromatic heterocycles. The molecule has 0 bridgehead atoms. The van der Waals surface area contributed by atoms with Gasteiger partial charge in [0.25, 0.3) is 5.56 Å². The zero-order chi connectivity index (χ0) is 20.2. The summed E-state index contributed by atoms with van der Waals surface area (Å²) in [5, 5.41) is 0. The van der Waals surface area contributed by atoms with Crippen LogP contribution in [-0.4, -0.2) is 58.4 Å². The molecule has 3 aliphatic rings. The lowest BCUT2D eigenvalue weighted by Gasteiger charge is -2.35. The second kappa shape index (κ2) is 9.41. The highest BCUT2D eigenvalue weighted by Gasteiger charge is 2.28. The van der Waals surface area contributed by atoms with E-state index in [0.29, 0.717) is 12.5 Å². The molecule has 1 saturated carbocycles. The SMILES string of the molecule is CC(=O)N1CCCC(c2cc(=O)[nH]c(C3CCN(CC4CCCCC4)CC3)n2)C1. The molecule has 1 atom stereocenters. The number of piperidine rings is 2. The normalized spacial score (nSPS) is 25.3. The zero-order valence-corrected chi connectivity index (χ0v) is 17.9. The van der Waals surface area contributed by atoms with Crippen LogP contribution >= 0.6 is 0 Å². The van der Waals surface area contributed by atoms with Crippen LogP contribution in [0.5, 0.6) is 0 Å². The maximum atomic E-state index is 12.4. The first kappa shape index (κ1) is 20.6. The second-order valence-electron chi connectivity index (χ2n) is 9.44. The van der Waals surface area contributed by atoms with Crippen LogP contribution < -0.4 is 5.56 Å². The Morgan fingerprint density at radius 2 is 1.79 bits per heavy atom. The van der Waals surface area contributed by atoms with E-state index >= 15 is 0 Å². The van der Waals surface area contributed by atoms with Gasteiger partial charge in [-0.2, -0.15) is 0 Å². The molecule has 2 saturated heterocycles. The van der Waals surface area contributed by atoms with Gasteiger partial charge >= 0.3 is 0 Å². The maximum Gasteiger partial charge on any atom is 0.251 e. The molecule has 0 radical (unpaired) electrons. The van der Waals surface area contributed by atoms with Crippen molar-refractivity contribution in [3.8, 4) is 0 Å². The minimum Gasteiger partial charge on any atom is -0.342 e.